The Morgan fingerprint density at radius 1 is 1.36 bits per heavy atom. The first-order valence-corrected chi connectivity index (χ1v) is 5.09. The maximum atomic E-state index is 6.16. The highest BCUT2D eigenvalue weighted by Gasteiger charge is 2.23. The van der Waals surface area contributed by atoms with Gasteiger partial charge in [0.1, 0.15) is 5.82 Å². The lowest BCUT2D eigenvalue weighted by Gasteiger charge is -2.23. The lowest BCUT2D eigenvalue weighted by atomic mass is 9.92. The zero-order chi connectivity index (χ0) is 10.6. The highest BCUT2D eigenvalue weighted by Crippen LogP contribution is 2.21. The summed E-state index contributed by atoms with van der Waals surface area (Å²) in [6.45, 7) is 6.38. The largest absolute Gasteiger partial charge is 0.319 e. The molecule has 1 heterocycles. The Bertz CT molecular complexity index is 267. The Hall–Kier alpha value is -0.960. The fourth-order valence-corrected chi connectivity index (χ4v) is 1.29. The minimum atomic E-state index is -0.397. The predicted octanol–water partition coefficient (Wildman–Crippen LogP) is 2.09. The van der Waals surface area contributed by atoms with E-state index in [2.05, 4.69) is 23.8 Å². The van der Waals surface area contributed by atoms with Gasteiger partial charge >= 0.3 is 0 Å². The van der Waals surface area contributed by atoms with Gasteiger partial charge in [0.25, 0.3) is 0 Å². The number of nitrogens with two attached hydrogens (primary N) is 1. The molecule has 0 aliphatic rings. The monoisotopic (exact) mass is 193 g/mol. The third-order valence-electron chi connectivity index (χ3n) is 2.32. The van der Waals surface area contributed by atoms with E-state index in [4.69, 9.17) is 5.73 Å². The summed E-state index contributed by atoms with van der Waals surface area (Å²) in [7, 11) is 0. The minimum Gasteiger partial charge on any atom is -0.319 e. The van der Waals surface area contributed by atoms with E-state index >= 15 is 0 Å². The molecule has 1 rings (SSSR count). The van der Waals surface area contributed by atoms with Crippen LogP contribution in [0.4, 0.5) is 0 Å². The standard InChI is InChI=1S/C11H19N3/c1-9(2)5-6-11(3,12)10-13-7-4-8-14-10/h4,7-9H,5-6,12H2,1-3H3. The van der Waals surface area contributed by atoms with E-state index in [1.165, 1.54) is 0 Å². The number of nitrogens with zero attached hydrogens (tertiary/aromatic N) is 2. The molecule has 0 radical (unpaired) electrons. The Morgan fingerprint density at radius 2 is 1.93 bits per heavy atom. The van der Waals surface area contributed by atoms with Crippen LogP contribution in [0.2, 0.25) is 0 Å². The van der Waals surface area contributed by atoms with Crippen molar-refractivity contribution in [2.24, 2.45) is 11.7 Å². The molecule has 0 saturated heterocycles. The van der Waals surface area contributed by atoms with Crippen LogP contribution in [0.3, 0.4) is 0 Å². The average molecular weight is 193 g/mol. The molecule has 0 fully saturated rings. The van der Waals surface area contributed by atoms with Gasteiger partial charge in [-0.2, -0.15) is 0 Å². The van der Waals surface area contributed by atoms with E-state index in [1.54, 1.807) is 12.4 Å². The smallest absolute Gasteiger partial charge is 0.147 e. The highest BCUT2D eigenvalue weighted by atomic mass is 14.9. The molecule has 78 valence electrons. The second-order valence-electron chi connectivity index (χ2n) is 4.42. The first-order valence-electron chi connectivity index (χ1n) is 5.09. The van der Waals surface area contributed by atoms with Crippen molar-refractivity contribution in [3.8, 4) is 0 Å². The third-order valence-corrected chi connectivity index (χ3v) is 2.32. The molecule has 2 N–H and O–H groups in total. The van der Waals surface area contributed by atoms with Crippen molar-refractivity contribution in [2.75, 3.05) is 0 Å². The number of hydrogen-bond donors (Lipinski definition) is 1. The number of rotatable bonds is 4. The fraction of sp³-hybridized carbons (Fsp3) is 0.636. The molecule has 0 amide bonds. The summed E-state index contributed by atoms with van der Waals surface area (Å²) in [5.41, 5.74) is 5.76. The van der Waals surface area contributed by atoms with Gasteiger partial charge in [0.05, 0.1) is 5.54 Å². The Labute approximate surface area is 85.8 Å². The van der Waals surface area contributed by atoms with Crippen LogP contribution in [-0.4, -0.2) is 9.97 Å². The lowest BCUT2D eigenvalue weighted by Crippen LogP contribution is -2.35. The van der Waals surface area contributed by atoms with Crippen molar-refractivity contribution >= 4 is 0 Å². The molecule has 14 heavy (non-hydrogen) atoms. The summed E-state index contributed by atoms with van der Waals surface area (Å²) in [5, 5.41) is 0. The maximum Gasteiger partial charge on any atom is 0.147 e. The molecule has 3 nitrogen and oxygen atoms in total. The molecular weight excluding hydrogens is 174 g/mol. The van der Waals surface area contributed by atoms with Crippen molar-refractivity contribution in [1.82, 2.24) is 9.97 Å². The van der Waals surface area contributed by atoms with Gasteiger partial charge < -0.3 is 5.73 Å². The zero-order valence-electron chi connectivity index (χ0n) is 9.20. The molecule has 1 unspecified atom stereocenters. The SMILES string of the molecule is CC(C)CCC(C)(N)c1ncccn1. The van der Waals surface area contributed by atoms with E-state index in [1.807, 2.05) is 13.0 Å². The van der Waals surface area contributed by atoms with Gasteiger partial charge in [-0.15, -0.1) is 0 Å². The van der Waals surface area contributed by atoms with E-state index in [-0.39, 0.29) is 0 Å². The average Bonchev–Trinajstić information content (AvgIpc) is 2.16. The molecule has 3 heteroatoms. The van der Waals surface area contributed by atoms with E-state index < -0.39 is 5.54 Å². The lowest BCUT2D eigenvalue weighted by molar-refractivity contribution is 0.377. The highest BCUT2D eigenvalue weighted by molar-refractivity contribution is 5.02. The van der Waals surface area contributed by atoms with Gasteiger partial charge in [0.2, 0.25) is 0 Å². The van der Waals surface area contributed by atoms with Crippen LogP contribution < -0.4 is 5.73 Å². The summed E-state index contributed by atoms with van der Waals surface area (Å²) >= 11 is 0. The molecule has 0 saturated carbocycles. The van der Waals surface area contributed by atoms with Crippen LogP contribution in [0.15, 0.2) is 18.5 Å². The quantitative estimate of drug-likeness (QED) is 0.796. The molecule has 0 spiro atoms. The first-order chi connectivity index (χ1) is 6.52. The molecule has 0 aromatic carbocycles. The van der Waals surface area contributed by atoms with Crippen LogP contribution in [0.5, 0.6) is 0 Å². The van der Waals surface area contributed by atoms with Gasteiger partial charge in [-0.3, -0.25) is 0 Å². The Morgan fingerprint density at radius 3 is 2.43 bits per heavy atom. The maximum absolute atomic E-state index is 6.16. The normalized spacial score (nSPS) is 15.5. The predicted molar refractivity (Wildman–Crippen MR) is 57.6 cm³/mol. The van der Waals surface area contributed by atoms with Crippen LogP contribution in [0.25, 0.3) is 0 Å². The van der Waals surface area contributed by atoms with Gasteiger partial charge in [-0.1, -0.05) is 13.8 Å². The van der Waals surface area contributed by atoms with Gasteiger partial charge in [-0.25, -0.2) is 9.97 Å². The Kier molecular flexibility index (Phi) is 3.58. The molecule has 1 aromatic rings. The van der Waals surface area contributed by atoms with Crippen LogP contribution in [0.1, 0.15) is 39.4 Å². The third kappa shape index (κ3) is 3.07. The molecule has 0 aliphatic carbocycles. The zero-order valence-corrected chi connectivity index (χ0v) is 9.20. The van der Waals surface area contributed by atoms with Gasteiger partial charge in [-0.05, 0) is 31.7 Å². The van der Waals surface area contributed by atoms with Crippen LogP contribution in [0, 0.1) is 5.92 Å². The first kappa shape index (κ1) is 11.1. The number of hydrogen-bond acceptors (Lipinski definition) is 3. The van der Waals surface area contributed by atoms with Crippen molar-refractivity contribution in [1.29, 1.82) is 0 Å². The molecular formula is C11H19N3. The minimum absolute atomic E-state index is 0.397. The second-order valence-corrected chi connectivity index (χ2v) is 4.42. The van der Waals surface area contributed by atoms with E-state index in [9.17, 15) is 0 Å². The van der Waals surface area contributed by atoms with Crippen molar-refractivity contribution in [3.63, 3.8) is 0 Å². The van der Waals surface area contributed by atoms with E-state index in [0.29, 0.717) is 5.92 Å². The van der Waals surface area contributed by atoms with Crippen molar-refractivity contribution in [2.45, 2.75) is 39.2 Å². The van der Waals surface area contributed by atoms with Crippen LogP contribution >= 0.6 is 0 Å². The van der Waals surface area contributed by atoms with Crippen LogP contribution in [-0.2, 0) is 5.54 Å². The summed E-state index contributed by atoms with van der Waals surface area (Å²) in [6.07, 6.45) is 5.51. The summed E-state index contributed by atoms with van der Waals surface area (Å²) in [5.74, 6) is 1.40. The Balaban J connectivity index is 2.66. The summed E-state index contributed by atoms with van der Waals surface area (Å²) in [4.78, 5) is 8.38. The fourth-order valence-electron chi connectivity index (χ4n) is 1.29. The molecule has 1 atom stereocenters. The van der Waals surface area contributed by atoms with Crippen molar-refractivity contribution < 1.29 is 0 Å². The summed E-state index contributed by atoms with van der Waals surface area (Å²) < 4.78 is 0. The topological polar surface area (TPSA) is 51.8 Å². The number of aromatic nitrogens is 2. The van der Waals surface area contributed by atoms with Gasteiger partial charge in [0, 0.05) is 12.4 Å². The second kappa shape index (κ2) is 4.51. The molecule has 0 aliphatic heterocycles. The van der Waals surface area contributed by atoms with Crippen molar-refractivity contribution in [3.05, 3.63) is 24.3 Å². The summed E-state index contributed by atoms with van der Waals surface area (Å²) in [6, 6.07) is 1.81. The van der Waals surface area contributed by atoms with Gasteiger partial charge in [0.15, 0.2) is 0 Å². The molecule has 0 bridgehead atoms. The van der Waals surface area contributed by atoms with E-state index in [0.717, 1.165) is 18.7 Å². The molecule has 1 aromatic heterocycles.